The van der Waals surface area contributed by atoms with E-state index in [1.54, 1.807) is 43.0 Å². The van der Waals surface area contributed by atoms with Crippen molar-refractivity contribution in [2.24, 2.45) is 0 Å². The molecule has 2 aromatic heterocycles. The summed E-state index contributed by atoms with van der Waals surface area (Å²) < 4.78 is 5.09. The average Bonchev–Trinajstić information content (AvgIpc) is 3.12. The van der Waals surface area contributed by atoms with Gasteiger partial charge in [0.2, 0.25) is 5.78 Å². The zero-order chi connectivity index (χ0) is 14.1. The Kier molecular flexibility index (Phi) is 3.01. The first-order valence-corrected chi connectivity index (χ1v) is 6.79. The molecule has 0 amide bonds. The van der Waals surface area contributed by atoms with Crippen LogP contribution in [0.15, 0.2) is 35.8 Å². The van der Waals surface area contributed by atoms with Gasteiger partial charge in [0.15, 0.2) is 0 Å². The first-order valence-electron chi connectivity index (χ1n) is 5.91. The summed E-state index contributed by atoms with van der Waals surface area (Å²) in [5, 5.41) is 11.5. The summed E-state index contributed by atoms with van der Waals surface area (Å²) in [7, 11) is 1.57. The van der Waals surface area contributed by atoms with E-state index in [9.17, 15) is 4.79 Å². The number of ketones is 1. The van der Waals surface area contributed by atoms with E-state index in [0.717, 1.165) is 10.9 Å². The van der Waals surface area contributed by atoms with E-state index in [4.69, 9.17) is 10.00 Å². The maximum atomic E-state index is 12.5. The predicted octanol–water partition coefficient (Wildman–Crippen LogP) is 3.34. The normalized spacial score (nSPS) is 10.4. The fourth-order valence-corrected chi connectivity index (χ4v) is 2.87. The van der Waals surface area contributed by atoms with Gasteiger partial charge in [-0.25, -0.2) is 0 Å². The molecule has 0 bridgehead atoms. The molecule has 0 aliphatic rings. The zero-order valence-electron chi connectivity index (χ0n) is 10.6. The summed E-state index contributed by atoms with van der Waals surface area (Å²) >= 11 is 1.36. The van der Waals surface area contributed by atoms with E-state index in [1.807, 2.05) is 0 Å². The predicted molar refractivity (Wildman–Crippen MR) is 77.3 cm³/mol. The number of H-pyrrole nitrogens is 1. The maximum Gasteiger partial charge on any atom is 0.205 e. The van der Waals surface area contributed by atoms with Gasteiger partial charge in [0.25, 0.3) is 0 Å². The van der Waals surface area contributed by atoms with Crippen molar-refractivity contribution in [1.82, 2.24) is 4.98 Å². The molecule has 0 fully saturated rings. The minimum absolute atomic E-state index is 0.0470. The second-order valence-corrected chi connectivity index (χ2v) is 5.17. The number of carbonyl (C=O) groups excluding carboxylic acids is 1. The van der Waals surface area contributed by atoms with E-state index < -0.39 is 0 Å². The van der Waals surface area contributed by atoms with Gasteiger partial charge in [-0.2, -0.15) is 5.26 Å². The van der Waals surface area contributed by atoms with E-state index in [0.29, 0.717) is 21.8 Å². The van der Waals surface area contributed by atoms with Gasteiger partial charge >= 0.3 is 0 Å². The number of hydrogen-bond acceptors (Lipinski definition) is 4. The SMILES string of the molecule is COc1csc(C(=O)c2c[nH]c3cc(C#N)ccc23)c1. The van der Waals surface area contributed by atoms with Crippen LogP contribution in [0.25, 0.3) is 10.9 Å². The first-order chi connectivity index (χ1) is 9.72. The monoisotopic (exact) mass is 282 g/mol. The molecule has 0 unspecified atom stereocenters. The van der Waals surface area contributed by atoms with Gasteiger partial charge in [0.05, 0.1) is 23.6 Å². The van der Waals surface area contributed by atoms with E-state index in [1.165, 1.54) is 11.3 Å². The highest BCUT2D eigenvalue weighted by atomic mass is 32.1. The minimum Gasteiger partial charge on any atom is -0.496 e. The molecule has 0 atom stereocenters. The summed E-state index contributed by atoms with van der Waals surface area (Å²) in [6.45, 7) is 0. The highest BCUT2D eigenvalue weighted by Gasteiger charge is 2.16. The molecule has 20 heavy (non-hydrogen) atoms. The van der Waals surface area contributed by atoms with Crippen molar-refractivity contribution in [1.29, 1.82) is 5.26 Å². The molecule has 0 aliphatic carbocycles. The van der Waals surface area contributed by atoms with Crippen LogP contribution in [-0.4, -0.2) is 17.9 Å². The second-order valence-electron chi connectivity index (χ2n) is 4.25. The van der Waals surface area contributed by atoms with Crippen LogP contribution in [0.1, 0.15) is 20.8 Å². The van der Waals surface area contributed by atoms with Crippen molar-refractivity contribution < 1.29 is 9.53 Å². The molecule has 2 heterocycles. The van der Waals surface area contributed by atoms with Crippen molar-refractivity contribution in [3.05, 3.63) is 51.8 Å². The lowest BCUT2D eigenvalue weighted by Crippen LogP contribution is -1.97. The van der Waals surface area contributed by atoms with Crippen molar-refractivity contribution in [3.8, 4) is 11.8 Å². The number of nitrogens with zero attached hydrogens (tertiary/aromatic N) is 1. The molecule has 5 heteroatoms. The van der Waals surface area contributed by atoms with E-state index in [-0.39, 0.29) is 5.78 Å². The molecule has 3 aromatic rings. The highest BCUT2D eigenvalue weighted by molar-refractivity contribution is 7.12. The summed E-state index contributed by atoms with van der Waals surface area (Å²) in [5.41, 5.74) is 1.96. The van der Waals surface area contributed by atoms with Gasteiger partial charge in [0.1, 0.15) is 5.75 Å². The largest absolute Gasteiger partial charge is 0.496 e. The first kappa shape index (κ1) is 12.5. The fourth-order valence-electron chi connectivity index (χ4n) is 2.06. The average molecular weight is 282 g/mol. The Morgan fingerprint density at radius 2 is 2.25 bits per heavy atom. The van der Waals surface area contributed by atoms with Crippen molar-refractivity contribution in [2.75, 3.05) is 7.11 Å². The van der Waals surface area contributed by atoms with Crippen LogP contribution in [-0.2, 0) is 0 Å². The lowest BCUT2D eigenvalue weighted by molar-refractivity contribution is 0.104. The Morgan fingerprint density at radius 3 is 2.95 bits per heavy atom. The van der Waals surface area contributed by atoms with Crippen LogP contribution in [0.4, 0.5) is 0 Å². The number of nitriles is 1. The number of methoxy groups -OCH3 is 1. The number of thiophene rings is 1. The third-order valence-corrected chi connectivity index (χ3v) is 4.00. The number of rotatable bonds is 3. The van der Waals surface area contributed by atoms with Crippen LogP contribution in [0, 0.1) is 11.3 Å². The fraction of sp³-hybridized carbons (Fsp3) is 0.0667. The minimum atomic E-state index is -0.0470. The molecular weight excluding hydrogens is 272 g/mol. The number of ether oxygens (including phenoxy) is 1. The number of hydrogen-bond donors (Lipinski definition) is 1. The molecule has 0 spiro atoms. The van der Waals surface area contributed by atoms with E-state index in [2.05, 4.69) is 11.1 Å². The Labute approximate surface area is 119 Å². The maximum absolute atomic E-state index is 12.5. The number of carbonyl (C=O) groups is 1. The van der Waals surface area contributed by atoms with Crippen LogP contribution >= 0.6 is 11.3 Å². The van der Waals surface area contributed by atoms with Crippen molar-refractivity contribution >= 4 is 28.0 Å². The molecule has 4 nitrogen and oxygen atoms in total. The standard InChI is InChI=1S/C15H10N2O2S/c1-19-10-5-14(20-8-10)15(18)12-7-17-13-4-9(6-16)2-3-11(12)13/h2-5,7-8,17H,1H3. The summed E-state index contributed by atoms with van der Waals surface area (Å²) in [6.07, 6.45) is 1.68. The quantitative estimate of drug-likeness (QED) is 0.749. The van der Waals surface area contributed by atoms with E-state index >= 15 is 0 Å². The second kappa shape index (κ2) is 4.83. The third kappa shape index (κ3) is 1.96. The Hall–Kier alpha value is -2.58. The van der Waals surface area contributed by atoms with Crippen LogP contribution < -0.4 is 4.74 Å². The zero-order valence-corrected chi connectivity index (χ0v) is 11.5. The molecular formula is C15H10N2O2S. The number of aromatic nitrogens is 1. The lowest BCUT2D eigenvalue weighted by Gasteiger charge is -1.96. The Morgan fingerprint density at radius 1 is 1.40 bits per heavy atom. The molecule has 1 N–H and O–H groups in total. The summed E-state index contributed by atoms with van der Waals surface area (Å²) in [5.74, 6) is 0.638. The lowest BCUT2D eigenvalue weighted by atomic mass is 10.1. The van der Waals surface area contributed by atoms with Crippen molar-refractivity contribution in [2.45, 2.75) is 0 Å². The number of benzene rings is 1. The molecule has 0 saturated heterocycles. The number of fused-ring (bicyclic) bond motifs is 1. The van der Waals surface area contributed by atoms with Gasteiger partial charge in [0, 0.05) is 34.1 Å². The molecule has 0 aliphatic heterocycles. The van der Waals surface area contributed by atoms with Gasteiger partial charge in [-0.15, -0.1) is 11.3 Å². The molecule has 3 rings (SSSR count). The molecule has 0 saturated carbocycles. The Bertz CT molecular complexity index is 839. The number of aromatic amines is 1. The van der Waals surface area contributed by atoms with Gasteiger partial charge in [-0.05, 0) is 12.1 Å². The van der Waals surface area contributed by atoms with Crippen LogP contribution in [0.5, 0.6) is 5.75 Å². The Balaban J connectivity index is 2.06. The summed E-state index contributed by atoms with van der Waals surface area (Å²) in [6, 6.07) is 9.05. The highest BCUT2D eigenvalue weighted by Crippen LogP contribution is 2.27. The summed E-state index contributed by atoms with van der Waals surface area (Å²) in [4.78, 5) is 16.1. The molecule has 98 valence electrons. The smallest absolute Gasteiger partial charge is 0.205 e. The van der Waals surface area contributed by atoms with Gasteiger partial charge in [-0.1, -0.05) is 6.07 Å². The van der Waals surface area contributed by atoms with Crippen LogP contribution in [0.3, 0.4) is 0 Å². The van der Waals surface area contributed by atoms with Gasteiger partial charge in [-0.3, -0.25) is 4.79 Å². The molecule has 1 aromatic carbocycles. The third-order valence-electron chi connectivity index (χ3n) is 3.09. The van der Waals surface area contributed by atoms with Crippen LogP contribution in [0.2, 0.25) is 0 Å². The molecule has 0 radical (unpaired) electrons. The topological polar surface area (TPSA) is 65.9 Å². The van der Waals surface area contributed by atoms with Crippen molar-refractivity contribution in [3.63, 3.8) is 0 Å². The van der Waals surface area contributed by atoms with Gasteiger partial charge < -0.3 is 9.72 Å². The number of nitrogens with one attached hydrogen (secondary N) is 1.